The number of nitrogens with zero attached hydrogens (tertiary/aromatic N) is 2. The van der Waals surface area contributed by atoms with Crippen molar-refractivity contribution in [3.8, 4) is 0 Å². The second kappa shape index (κ2) is 6.53. The molecule has 0 saturated carbocycles. The fraction of sp³-hybridized carbons (Fsp3) is 1.00. The summed E-state index contributed by atoms with van der Waals surface area (Å²) in [4.78, 5) is 4.81. The van der Waals surface area contributed by atoms with Gasteiger partial charge in [0.1, 0.15) is 6.07 Å². The Kier molecular flexibility index (Phi) is 5.61. The summed E-state index contributed by atoms with van der Waals surface area (Å²) >= 11 is 5.33. The number of hydrogen-bond donors (Lipinski definition) is 1. The molecule has 5 nitrogen and oxygen atoms in total. The molecule has 1 heterocycles. The zero-order valence-electron chi connectivity index (χ0n) is 7.83. The average molecular weight is 210 g/mol. The molecule has 0 spiro atoms. The van der Waals surface area contributed by atoms with E-state index in [2.05, 4.69) is 15.5 Å². The Morgan fingerprint density at radius 3 is 2.85 bits per heavy atom. The molecule has 0 radical (unpaired) electrons. The van der Waals surface area contributed by atoms with E-state index in [1.54, 1.807) is 0 Å². The summed E-state index contributed by atoms with van der Waals surface area (Å²) in [5.74, 6) is 0. The first-order chi connectivity index (χ1) is 6.34. The summed E-state index contributed by atoms with van der Waals surface area (Å²) in [6.45, 7) is 4.08. The van der Waals surface area contributed by atoms with E-state index in [1.807, 2.05) is 7.05 Å². The van der Waals surface area contributed by atoms with Crippen LogP contribution in [0.1, 0.15) is 0 Å². The van der Waals surface area contributed by atoms with E-state index in [0.717, 1.165) is 26.3 Å². The Bertz CT molecular complexity index is 133. The Hall–Kier alpha value is 0.0900. The highest BCUT2D eigenvalue weighted by Gasteiger charge is 2.13. The van der Waals surface area contributed by atoms with Crippen molar-refractivity contribution in [3.05, 3.63) is 0 Å². The van der Waals surface area contributed by atoms with Crippen LogP contribution in [0.4, 0.5) is 0 Å². The average Bonchev–Trinajstić information content (AvgIpc) is 2.19. The van der Waals surface area contributed by atoms with E-state index in [9.17, 15) is 0 Å². The lowest BCUT2D eigenvalue weighted by Crippen LogP contribution is -2.49. The summed E-state index contributed by atoms with van der Waals surface area (Å²) < 4.78 is 5.23. The minimum absolute atomic E-state index is 0.164. The van der Waals surface area contributed by atoms with Gasteiger partial charge in [-0.05, 0) is 0 Å². The van der Waals surface area contributed by atoms with Crippen molar-refractivity contribution in [1.29, 1.82) is 0 Å². The topological polar surface area (TPSA) is 37.0 Å². The molecule has 0 aromatic rings. The summed E-state index contributed by atoms with van der Waals surface area (Å²) in [6.07, 6.45) is 0. The Morgan fingerprint density at radius 2 is 2.23 bits per heavy atom. The summed E-state index contributed by atoms with van der Waals surface area (Å²) in [5.41, 5.74) is 2.74. The number of halogens is 1. The Morgan fingerprint density at radius 1 is 1.54 bits per heavy atom. The van der Waals surface area contributed by atoms with Crippen LogP contribution >= 0.6 is 11.6 Å². The van der Waals surface area contributed by atoms with E-state index in [1.165, 1.54) is 0 Å². The Labute approximate surface area is 83.4 Å². The van der Waals surface area contributed by atoms with Crippen LogP contribution in [0.25, 0.3) is 0 Å². The maximum absolute atomic E-state index is 5.33. The number of hydrazine groups is 1. The van der Waals surface area contributed by atoms with Gasteiger partial charge in [-0.15, -0.1) is 0 Å². The number of nitrogens with one attached hydrogen (secondary N) is 1. The lowest BCUT2D eigenvalue weighted by molar-refractivity contribution is -0.100. The first kappa shape index (κ1) is 11.2. The monoisotopic (exact) mass is 209 g/mol. The first-order valence-corrected chi connectivity index (χ1v) is 4.82. The fourth-order valence-corrected chi connectivity index (χ4v) is 1.25. The molecule has 1 rings (SSSR count). The van der Waals surface area contributed by atoms with E-state index < -0.39 is 0 Å². The van der Waals surface area contributed by atoms with Gasteiger partial charge in [-0.3, -0.25) is 4.84 Å². The van der Waals surface area contributed by atoms with Gasteiger partial charge in [-0.1, -0.05) is 11.6 Å². The zero-order chi connectivity index (χ0) is 9.52. The highest BCUT2D eigenvalue weighted by Crippen LogP contribution is 1.98. The third kappa shape index (κ3) is 4.21. The molecular formula is C7H16ClN3O2. The summed E-state index contributed by atoms with van der Waals surface area (Å²) in [7, 11) is 2.00. The molecule has 0 aromatic carbocycles. The molecule has 1 aliphatic rings. The maximum Gasteiger partial charge on any atom is 0.142 e. The summed E-state index contributed by atoms with van der Waals surface area (Å²) in [5, 5.41) is 4.25. The van der Waals surface area contributed by atoms with Crippen molar-refractivity contribution in [3.63, 3.8) is 0 Å². The minimum Gasteiger partial charge on any atom is -0.379 e. The van der Waals surface area contributed by atoms with Crippen LogP contribution < -0.4 is 5.48 Å². The largest absolute Gasteiger partial charge is 0.379 e. The van der Waals surface area contributed by atoms with E-state index in [0.29, 0.717) is 6.67 Å². The van der Waals surface area contributed by atoms with Crippen LogP contribution in [0.2, 0.25) is 0 Å². The molecule has 1 N–H and O–H groups in total. The predicted octanol–water partition coefficient (Wildman–Crippen LogP) is -0.160. The second-order valence-electron chi connectivity index (χ2n) is 2.78. The number of ether oxygens (including phenoxy) is 1. The highest BCUT2D eigenvalue weighted by atomic mass is 35.5. The molecule has 0 amide bonds. The quantitative estimate of drug-likeness (QED) is 0.295. The molecule has 0 unspecified atom stereocenters. The predicted molar refractivity (Wildman–Crippen MR) is 50.0 cm³/mol. The number of hydrogen-bond acceptors (Lipinski definition) is 5. The zero-order valence-corrected chi connectivity index (χ0v) is 8.59. The second-order valence-corrected chi connectivity index (χ2v) is 3.00. The maximum atomic E-state index is 5.33. The van der Waals surface area contributed by atoms with Crippen LogP contribution in [0, 0.1) is 0 Å². The molecule has 78 valence electrons. The normalized spacial score (nSPS) is 19.6. The molecule has 0 aromatic heterocycles. The van der Waals surface area contributed by atoms with E-state index in [-0.39, 0.29) is 6.07 Å². The molecule has 0 bridgehead atoms. The number of morpholine rings is 1. The van der Waals surface area contributed by atoms with Gasteiger partial charge in [-0.2, -0.15) is 5.48 Å². The van der Waals surface area contributed by atoms with Crippen molar-refractivity contribution < 1.29 is 9.57 Å². The van der Waals surface area contributed by atoms with Gasteiger partial charge in [0, 0.05) is 20.1 Å². The first-order valence-electron chi connectivity index (χ1n) is 4.29. The van der Waals surface area contributed by atoms with Crippen molar-refractivity contribution in [2.75, 3.05) is 46.1 Å². The number of alkyl halides is 1. The van der Waals surface area contributed by atoms with Crippen LogP contribution in [0.3, 0.4) is 0 Å². The standard InChI is InChI=1S/C7H16ClN3O2/c1-10(7-9-13-6-8)11-2-4-12-5-3-11/h9H,2-7H2,1H3. The van der Waals surface area contributed by atoms with E-state index >= 15 is 0 Å². The number of rotatable bonds is 5. The van der Waals surface area contributed by atoms with Crippen molar-refractivity contribution >= 4 is 11.6 Å². The minimum atomic E-state index is 0.164. The third-order valence-corrected chi connectivity index (χ3v) is 2.03. The summed E-state index contributed by atoms with van der Waals surface area (Å²) in [6, 6.07) is 0.164. The molecule has 6 heteroatoms. The van der Waals surface area contributed by atoms with Gasteiger partial charge in [0.2, 0.25) is 0 Å². The van der Waals surface area contributed by atoms with Gasteiger partial charge in [0.05, 0.1) is 19.9 Å². The SMILES string of the molecule is CN(CNOCCl)N1CCOCC1. The van der Waals surface area contributed by atoms with Crippen molar-refractivity contribution in [2.45, 2.75) is 0 Å². The molecular weight excluding hydrogens is 194 g/mol. The van der Waals surface area contributed by atoms with Gasteiger partial charge in [-0.25, -0.2) is 10.0 Å². The Balaban J connectivity index is 2.09. The molecule has 0 atom stereocenters. The molecule has 0 aliphatic carbocycles. The van der Waals surface area contributed by atoms with Crippen LogP contribution in [0.15, 0.2) is 0 Å². The van der Waals surface area contributed by atoms with Gasteiger partial charge < -0.3 is 4.74 Å². The fourth-order valence-electron chi connectivity index (χ4n) is 1.17. The van der Waals surface area contributed by atoms with Crippen LogP contribution in [-0.4, -0.2) is 56.1 Å². The smallest absolute Gasteiger partial charge is 0.142 e. The molecule has 1 saturated heterocycles. The lowest BCUT2D eigenvalue weighted by Gasteiger charge is -2.34. The van der Waals surface area contributed by atoms with Crippen molar-refractivity contribution in [2.24, 2.45) is 0 Å². The highest BCUT2D eigenvalue weighted by molar-refractivity contribution is 6.17. The number of hydroxylamine groups is 1. The van der Waals surface area contributed by atoms with Gasteiger partial charge >= 0.3 is 0 Å². The van der Waals surface area contributed by atoms with Crippen LogP contribution in [-0.2, 0) is 9.57 Å². The molecule has 1 fully saturated rings. The lowest BCUT2D eigenvalue weighted by atomic mass is 10.5. The third-order valence-electron chi connectivity index (χ3n) is 1.92. The van der Waals surface area contributed by atoms with Crippen LogP contribution in [0.5, 0.6) is 0 Å². The van der Waals surface area contributed by atoms with Gasteiger partial charge in [0.25, 0.3) is 0 Å². The van der Waals surface area contributed by atoms with Crippen molar-refractivity contribution in [1.82, 2.24) is 15.5 Å². The van der Waals surface area contributed by atoms with Gasteiger partial charge in [0.15, 0.2) is 0 Å². The van der Waals surface area contributed by atoms with E-state index in [4.69, 9.17) is 21.2 Å². The molecule has 13 heavy (non-hydrogen) atoms. The molecule has 1 aliphatic heterocycles.